The van der Waals surface area contributed by atoms with Crippen LogP contribution >= 0.6 is 0 Å². The minimum atomic E-state index is -0.630. The second kappa shape index (κ2) is 6.73. The van der Waals surface area contributed by atoms with Gasteiger partial charge in [-0.1, -0.05) is 20.8 Å². The van der Waals surface area contributed by atoms with Crippen LogP contribution < -0.4 is 10.6 Å². The third-order valence-electron chi connectivity index (χ3n) is 3.49. The summed E-state index contributed by atoms with van der Waals surface area (Å²) in [5.74, 6) is 4.13. The molecular formula is C15H26N4OS. The van der Waals surface area contributed by atoms with Crippen molar-refractivity contribution in [1.82, 2.24) is 9.97 Å². The van der Waals surface area contributed by atoms with Crippen LogP contribution in [0.25, 0.3) is 0 Å². The lowest BCUT2D eigenvalue weighted by Crippen LogP contribution is -2.30. The molecule has 0 bridgehead atoms. The first-order valence-corrected chi connectivity index (χ1v) is 9.12. The third-order valence-corrected chi connectivity index (χ3v) is 4.88. The summed E-state index contributed by atoms with van der Waals surface area (Å²) in [6, 6.07) is 2.32. The van der Waals surface area contributed by atoms with Gasteiger partial charge >= 0.3 is 0 Å². The Balaban J connectivity index is 2.17. The molecule has 0 spiro atoms. The molecular weight excluding hydrogens is 284 g/mol. The van der Waals surface area contributed by atoms with Crippen LogP contribution in [-0.4, -0.2) is 38.3 Å². The van der Waals surface area contributed by atoms with Gasteiger partial charge in [0.2, 0.25) is 0 Å². The van der Waals surface area contributed by atoms with E-state index in [9.17, 15) is 4.21 Å². The zero-order chi connectivity index (χ0) is 15.5. The molecule has 0 aromatic carbocycles. The highest BCUT2D eigenvalue weighted by atomic mass is 32.2. The zero-order valence-electron chi connectivity index (χ0n) is 13.4. The Bertz CT molecular complexity index is 503. The molecule has 0 atom stereocenters. The van der Waals surface area contributed by atoms with Gasteiger partial charge in [0.05, 0.1) is 0 Å². The lowest BCUT2D eigenvalue weighted by atomic mass is 9.96. The van der Waals surface area contributed by atoms with Crippen molar-refractivity contribution in [3.05, 3.63) is 11.9 Å². The number of anilines is 2. The summed E-state index contributed by atoms with van der Waals surface area (Å²) in [5, 5.41) is 6.75. The van der Waals surface area contributed by atoms with Crippen LogP contribution in [0.2, 0.25) is 0 Å². The lowest BCUT2D eigenvalue weighted by Gasteiger charge is -2.25. The smallest absolute Gasteiger partial charge is 0.138 e. The maximum absolute atomic E-state index is 11.4. The number of hydrogen-bond donors (Lipinski definition) is 2. The quantitative estimate of drug-likeness (QED) is 0.894. The topological polar surface area (TPSA) is 66.9 Å². The van der Waals surface area contributed by atoms with Gasteiger partial charge in [-0.25, -0.2) is 9.97 Å². The van der Waals surface area contributed by atoms with E-state index in [-0.39, 0.29) is 5.41 Å². The summed E-state index contributed by atoms with van der Waals surface area (Å²) < 4.78 is 11.4. The van der Waals surface area contributed by atoms with E-state index in [4.69, 9.17) is 0 Å². The Morgan fingerprint density at radius 2 is 1.86 bits per heavy atom. The predicted octanol–water partition coefficient (Wildman–Crippen LogP) is 2.53. The summed E-state index contributed by atoms with van der Waals surface area (Å²) in [7, 11) is -0.630. The van der Waals surface area contributed by atoms with Crippen molar-refractivity contribution >= 4 is 22.4 Å². The maximum atomic E-state index is 11.4. The summed E-state index contributed by atoms with van der Waals surface area (Å²) in [6.45, 7) is 9.24. The van der Waals surface area contributed by atoms with Crippen LogP contribution in [0.1, 0.15) is 46.4 Å². The first-order valence-electron chi connectivity index (χ1n) is 7.63. The standard InChI is InChI=1S/C15H26N4OS/c1-5-16-12-10-13(19-14(18-12)15(2,3)4)17-11-6-8-21(20)9-7-11/h10-11H,5-9H2,1-4H3,(H2,16,17,18,19). The zero-order valence-corrected chi connectivity index (χ0v) is 14.2. The second-order valence-electron chi connectivity index (χ2n) is 6.51. The number of aromatic nitrogens is 2. The average molecular weight is 310 g/mol. The number of nitrogens with zero attached hydrogens (tertiary/aromatic N) is 2. The molecule has 1 aromatic heterocycles. The normalized spacial score (nSPS) is 22.9. The SMILES string of the molecule is CCNc1cc(NC2CCS(=O)CC2)nc(C(C)(C)C)n1. The molecule has 1 aliphatic rings. The van der Waals surface area contributed by atoms with Gasteiger partial charge in [0.1, 0.15) is 17.5 Å². The van der Waals surface area contributed by atoms with E-state index in [0.29, 0.717) is 6.04 Å². The largest absolute Gasteiger partial charge is 0.370 e. The van der Waals surface area contributed by atoms with Crippen molar-refractivity contribution < 1.29 is 4.21 Å². The van der Waals surface area contributed by atoms with Gasteiger partial charge in [-0.15, -0.1) is 0 Å². The van der Waals surface area contributed by atoms with Crippen molar-refractivity contribution in [2.45, 2.75) is 52.0 Å². The Hall–Kier alpha value is -1.17. The van der Waals surface area contributed by atoms with Crippen LogP contribution in [0.3, 0.4) is 0 Å². The van der Waals surface area contributed by atoms with Crippen molar-refractivity contribution in [2.24, 2.45) is 0 Å². The van der Waals surface area contributed by atoms with Crippen LogP contribution in [0.5, 0.6) is 0 Å². The van der Waals surface area contributed by atoms with Crippen molar-refractivity contribution in [2.75, 3.05) is 28.7 Å². The Kier molecular flexibility index (Phi) is 5.19. The molecule has 2 N–H and O–H groups in total. The fourth-order valence-corrected chi connectivity index (χ4v) is 3.57. The van der Waals surface area contributed by atoms with Crippen LogP contribution in [-0.2, 0) is 16.2 Å². The monoisotopic (exact) mass is 310 g/mol. The van der Waals surface area contributed by atoms with E-state index in [2.05, 4.69) is 48.3 Å². The van der Waals surface area contributed by atoms with Gasteiger partial charge < -0.3 is 10.6 Å². The van der Waals surface area contributed by atoms with E-state index >= 15 is 0 Å². The van der Waals surface area contributed by atoms with E-state index < -0.39 is 10.8 Å². The predicted molar refractivity (Wildman–Crippen MR) is 89.4 cm³/mol. The Morgan fingerprint density at radius 3 is 2.43 bits per heavy atom. The van der Waals surface area contributed by atoms with E-state index in [1.165, 1.54) is 0 Å². The molecule has 2 heterocycles. The molecule has 0 unspecified atom stereocenters. The molecule has 1 saturated heterocycles. The van der Waals surface area contributed by atoms with Crippen LogP contribution in [0, 0.1) is 0 Å². The summed E-state index contributed by atoms with van der Waals surface area (Å²) in [5.41, 5.74) is -0.0874. The third kappa shape index (κ3) is 4.66. The number of hydrogen-bond acceptors (Lipinski definition) is 5. The minimum absolute atomic E-state index is 0.0874. The number of rotatable bonds is 4. The van der Waals surface area contributed by atoms with Crippen molar-refractivity contribution in [3.8, 4) is 0 Å². The van der Waals surface area contributed by atoms with E-state index in [1.807, 2.05) is 6.07 Å². The molecule has 1 aromatic rings. The molecule has 0 saturated carbocycles. The highest BCUT2D eigenvalue weighted by Gasteiger charge is 2.21. The van der Waals surface area contributed by atoms with Gasteiger partial charge in [-0.05, 0) is 19.8 Å². The average Bonchev–Trinajstić information content (AvgIpc) is 2.41. The lowest BCUT2D eigenvalue weighted by molar-refractivity contribution is 0.545. The molecule has 0 amide bonds. The fourth-order valence-electron chi connectivity index (χ4n) is 2.28. The Labute approximate surface area is 129 Å². The first-order chi connectivity index (χ1) is 9.88. The fraction of sp³-hybridized carbons (Fsp3) is 0.733. The molecule has 1 fully saturated rings. The second-order valence-corrected chi connectivity index (χ2v) is 8.21. The Morgan fingerprint density at radius 1 is 1.24 bits per heavy atom. The van der Waals surface area contributed by atoms with Crippen molar-refractivity contribution in [1.29, 1.82) is 0 Å². The molecule has 1 aliphatic heterocycles. The van der Waals surface area contributed by atoms with Gasteiger partial charge in [0.25, 0.3) is 0 Å². The van der Waals surface area contributed by atoms with Gasteiger partial charge in [0, 0.05) is 46.4 Å². The molecule has 118 valence electrons. The summed E-state index contributed by atoms with van der Waals surface area (Å²) in [6.07, 6.45) is 1.88. The highest BCUT2D eigenvalue weighted by molar-refractivity contribution is 7.85. The van der Waals surface area contributed by atoms with E-state index in [1.54, 1.807) is 0 Å². The summed E-state index contributed by atoms with van der Waals surface area (Å²) >= 11 is 0. The molecule has 6 heteroatoms. The number of nitrogens with one attached hydrogen (secondary N) is 2. The minimum Gasteiger partial charge on any atom is -0.370 e. The van der Waals surface area contributed by atoms with Crippen LogP contribution in [0.15, 0.2) is 6.07 Å². The molecule has 0 radical (unpaired) electrons. The molecule has 21 heavy (non-hydrogen) atoms. The molecule has 5 nitrogen and oxygen atoms in total. The highest BCUT2D eigenvalue weighted by Crippen LogP contribution is 2.23. The van der Waals surface area contributed by atoms with Gasteiger partial charge in [-0.2, -0.15) is 0 Å². The van der Waals surface area contributed by atoms with E-state index in [0.717, 1.165) is 48.4 Å². The maximum Gasteiger partial charge on any atom is 0.138 e. The van der Waals surface area contributed by atoms with Crippen LogP contribution in [0.4, 0.5) is 11.6 Å². The first kappa shape index (κ1) is 16.2. The molecule has 0 aliphatic carbocycles. The summed E-state index contributed by atoms with van der Waals surface area (Å²) in [4.78, 5) is 9.25. The van der Waals surface area contributed by atoms with Crippen molar-refractivity contribution in [3.63, 3.8) is 0 Å². The van der Waals surface area contributed by atoms with Gasteiger partial charge in [-0.3, -0.25) is 4.21 Å². The van der Waals surface area contributed by atoms with Gasteiger partial charge in [0.15, 0.2) is 0 Å². The molecule has 2 rings (SSSR count).